The predicted molar refractivity (Wildman–Crippen MR) is 17.9 cm³/mol. The van der Waals surface area contributed by atoms with Crippen molar-refractivity contribution in [3.63, 3.8) is 0 Å². The van der Waals surface area contributed by atoms with E-state index in [1.807, 2.05) is 0 Å². The number of rotatable bonds is 0. The molecule has 0 aliphatic carbocycles. The predicted octanol–water partition coefficient (Wildman–Crippen LogP) is -5.32. The second kappa shape index (κ2) is 23.9. The second-order valence-corrected chi connectivity index (χ2v) is 0. The van der Waals surface area contributed by atoms with E-state index in [1.165, 1.54) is 0 Å². The molecule has 0 aromatic carbocycles. The zero-order valence-corrected chi connectivity index (χ0v) is 4.50. The summed E-state index contributed by atoms with van der Waals surface area (Å²) in [7, 11) is 0. The smallest absolute Gasteiger partial charge is 1.00 e. The molecule has 0 unspecified atom stereocenters. The van der Waals surface area contributed by atoms with Crippen LogP contribution >= 0.6 is 13.5 Å². The van der Waals surface area contributed by atoms with Crippen LogP contribution in [-0.2, 0) is 0 Å². The van der Waals surface area contributed by atoms with Gasteiger partial charge < -0.3 is 8.85 Å². The maximum Gasteiger partial charge on any atom is 1.00 e. The van der Waals surface area contributed by atoms with Gasteiger partial charge in [0.1, 0.15) is 0 Å². The van der Waals surface area contributed by atoms with Gasteiger partial charge in [-0.3, -0.25) is 0 Å². The van der Waals surface area contributed by atoms with Gasteiger partial charge in [0.15, 0.2) is 0 Å². The van der Waals surface area contributed by atoms with Crippen molar-refractivity contribution in [3.8, 4) is 0 Å². The molecule has 0 amide bonds. The first-order chi connectivity index (χ1) is 0. The Hall–Kier alpha value is 1.54. The minimum Gasteiger partial charge on any atom is -1.00 e. The topological polar surface area (TPSA) is 0 Å². The third kappa shape index (κ3) is 9.62. The van der Waals surface area contributed by atoms with Gasteiger partial charge in [-0.1, -0.05) is 0 Å². The molecule has 0 bridgehead atoms. The molecule has 0 spiro atoms. The van der Waals surface area contributed by atoms with Crippen molar-refractivity contribution in [1.29, 1.82) is 0 Å². The second-order valence-electron chi connectivity index (χ2n) is 0. The maximum atomic E-state index is 0. The Morgan fingerprint density at radius 1 is 1.00 bits per heavy atom. The fourth-order valence-corrected chi connectivity index (χ4v) is 0. The van der Waals surface area contributed by atoms with Crippen molar-refractivity contribution in [2.75, 3.05) is 0 Å². The Kier molecular flexibility index (Phi) is 287. The summed E-state index contributed by atoms with van der Waals surface area (Å²) in [5, 5.41) is 0. The van der Waals surface area contributed by atoms with E-state index < -0.39 is 0 Å². The zero-order chi connectivity index (χ0) is 0. The normalized spacial score (nSPS) is 0. The maximum absolute atomic E-state index is 0. The summed E-state index contributed by atoms with van der Waals surface area (Å²) >= 11 is 0. The molecule has 4 heavy (non-hydrogen) atoms. The van der Waals surface area contributed by atoms with Crippen LogP contribution in [0.1, 0.15) is 1.43 Å². The molecule has 0 aliphatic heterocycles. The van der Waals surface area contributed by atoms with Crippen LogP contribution in [-0.4, -0.2) is 0 Å². The monoisotopic (exact) mass is 64.1 g/mol. The van der Waals surface area contributed by atoms with E-state index in [0.717, 1.165) is 0 Å². The van der Waals surface area contributed by atoms with Crippen LogP contribution < -0.4 is 37.7 Å². The molecule has 3 heteroatoms. The quantitative estimate of drug-likeness (QED) is 0.195. The largest absolute Gasteiger partial charge is 1.00 e. The molecular formula is CH6Li2S. The molecule has 0 saturated heterocycles. The molecule has 0 fully saturated rings. The molecule has 0 aromatic heterocycles. The van der Waals surface area contributed by atoms with Gasteiger partial charge in [0, 0.05) is 0 Å². The van der Waals surface area contributed by atoms with Gasteiger partial charge in [-0.15, -0.1) is 0 Å². The Morgan fingerprint density at radius 3 is 1.00 bits per heavy atom. The van der Waals surface area contributed by atoms with Crippen molar-refractivity contribution in [2.45, 2.75) is 0 Å². The summed E-state index contributed by atoms with van der Waals surface area (Å²) in [6.07, 6.45) is 0. The van der Waals surface area contributed by atoms with Gasteiger partial charge in [-0.25, -0.2) is 0 Å². The fourth-order valence-electron chi connectivity index (χ4n) is 0. The van der Waals surface area contributed by atoms with E-state index in [2.05, 4.69) is 0 Å². The molecule has 0 N–H and O–H groups in total. The molecular weight excluding hydrogens is 58.0 g/mol. The van der Waals surface area contributed by atoms with Crippen LogP contribution in [0.3, 0.4) is 0 Å². The third-order valence-electron chi connectivity index (χ3n) is 0. The summed E-state index contributed by atoms with van der Waals surface area (Å²) < 4.78 is 0. The molecule has 0 heterocycles. The van der Waals surface area contributed by atoms with Gasteiger partial charge in [-0.2, -0.15) is 13.5 Å². The van der Waals surface area contributed by atoms with Crippen molar-refractivity contribution < 1.29 is 39.1 Å². The first-order valence-corrected chi connectivity index (χ1v) is 0. The fraction of sp³-hybridized carbons (Fsp3) is 0. The van der Waals surface area contributed by atoms with Gasteiger partial charge >= 0.3 is 37.7 Å². The third-order valence-corrected chi connectivity index (χ3v) is 0. The van der Waals surface area contributed by atoms with E-state index in [4.69, 9.17) is 0 Å². The van der Waals surface area contributed by atoms with Crippen molar-refractivity contribution in [1.82, 2.24) is 0 Å². The van der Waals surface area contributed by atoms with Crippen LogP contribution in [0.15, 0.2) is 0 Å². The zero-order valence-electron chi connectivity index (χ0n) is 4.50. The first kappa shape index (κ1) is 48.0. The Labute approximate surface area is 60.0 Å². The number of hydrogen-bond donors (Lipinski definition) is 0. The minimum atomic E-state index is 0. The summed E-state index contributed by atoms with van der Waals surface area (Å²) in [6, 6.07) is 0. The molecule has 0 atom stereocenters. The minimum absolute atomic E-state index is 0. The van der Waals surface area contributed by atoms with Gasteiger partial charge in [0.2, 0.25) is 0 Å². The molecule has 0 rings (SSSR count). The van der Waals surface area contributed by atoms with Crippen LogP contribution in [0.4, 0.5) is 0 Å². The van der Waals surface area contributed by atoms with Crippen LogP contribution in [0.2, 0.25) is 0 Å². The summed E-state index contributed by atoms with van der Waals surface area (Å²) in [5.41, 5.74) is 0. The Bertz CT molecular complexity index is 9.61. The van der Waals surface area contributed by atoms with E-state index in [-0.39, 0.29) is 60.1 Å². The molecule has 0 nitrogen and oxygen atoms in total. The Morgan fingerprint density at radius 2 is 1.00 bits per heavy atom. The van der Waals surface area contributed by atoms with E-state index in [9.17, 15) is 0 Å². The summed E-state index contributed by atoms with van der Waals surface area (Å²) in [5.74, 6) is 0. The summed E-state index contributed by atoms with van der Waals surface area (Å²) in [6.45, 7) is 0. The molecule has 18 valence electrons. The molecule has 0 aliphatic rings. The molecule has 0 aromatic rings. The van der Waals surface area contributed by atoms with Gasteiger partial charge in [-0.05, 0) is 0 Å². The standard InChI is InChI=1S/CH3.2Li.H2S.H/h1H3;;;1H2;/q-1;2*+1;;-1. The average Bonchev–Trinajstić information content (AvgIpc) is 0. The van der Waals surface area contributed by atoms with E-state index >= 15 is 0 Å². The number of hydrogen-bond acceptors (Lipinski definition) is 0. The van der Waals surface area contributed by atoms with Crippen molar-refractivity contribution in [3.05, 3.63) is 7.43 Å². The molecule has 0 radical (unpaired) electrons. The first-order valence-electron chi connectivity index (χ1n) is 0. The Balaban J connectivity index is 0. The van der Waals surface area contributed by atoms with Crippen LogP contribution in [0.25, 0.3) is 0 Å². The molecule has 0 saturated carbocycles. The van der Waals surface area contributed by atoms with Crippen LogP contribution in [0.5, 0.6) is 0 Å². The average molecular weight is 64.0 g/mol. The van der Waals surface area contributed by atoms with E-state index in [1.54, 1.807) is 0 Å². The van der Waals surface area contributed by atoms with E-state index in [0.29, 0.717) is 0 Å². The van der Waals surface area contributed by atoms with Gasteiger partial charge in [0.05, 0.1) is 0 Å². The van der Waals surface area contributed by atoms with Crippen molar-refractivity contribution in [2.24, 2.45) is 0 Å². The van der Waals surface area contributed by atoms with Crippen LogP contribution in [0, 0.1) is 7.43 Å². The van der Waals surface area contributed by atoms with Crippen molar-refractivity contribution >= 4 is 13.5 Å². The van der Waals surface area contributed by atoms with Gasteiger partial charge in [0.25, 0.3) is 0 Å². The summed E-state index contributed by atoms with van der Waals surface area (Å²) in [4.78, 5) is 0. The SMILES string of the molecule is S.[CH3-].[H-].[Li+].[Li+].